The Labute approximate surface area is 131 Å². The third-order valence-electron chi connectivity index (χ3n) is 3.30. The quantitative estimate of drug-likeness (QED) is 0.788. The van der Waals surface area contributed by atoms with Gasteiger partial charge in [-0.15, -0.1) is 0 Å². The molecule has 0 saturated heterocycles. The Kier molecular flexibility index (Phi) is 5.44. The molecule has 0 amide bonds. The number of hydrogen-bond acceptors (Lipinski definition) is 4. The SMILES string of the molecule is CCCCCOc1ccc(S(=O)(=O)c2ccc(O)cc2)cc1. The molecule has 22 heavy (non-hydrogen) atoms. The second-order valence-electron chi connectivity index (χ2n) is 5.02. The van der Waals surface area contributed by atoms with Crippen LogP contribution in [0.4, 0.5) is 0 Å². The molecule has 0 heterocycles. The van der Waals surface area contributed by atoms with Crippen molar-refractivity contribution in [3.8, 4) is 11.5 Å². The summed E-state index contributed by atoms with van der Waals surface area (Å²) in [5, 5.41) is 9.24. The minimum absolute atomic E-state index is 0.0368. The summed E-state index contributed by atoms with van der Waals surface area (Å²) in [5.41, 5.74) is 0. The molecule has 0 aliphatic carbocycles. The number of benzene rings is 2. The molecule has 0 atom stereocenters. The van der Waals surface area contributed by atoms with Gasteiger partial charge in [0.25, 0.3) is 0 Å². The van der Waals surface area contributed by atoms with E-state index >= 15 is 0 Å². The predicted octanol–water partition coefficient (Wildman–Crippen LogP) is 3.79. The van der Waals surface area contributed by atoms with Crippen LogP contribution in [0.1, 0.15) is 26.2 Å². The standard InChI is InChI=1S/C17H20O4S/c1-2-3-4-13-21-15-7-11-17(12-8-15)22(19,20)16-9-5-14(18)6-10-16/h5-12,18H,2-4,13H2,1H3. The number of unbranched alkanes of at least 4 members (excludes halogenated alkanes) is 2. The van der Waals surface area contributed by atoms with Gasteiger partial charge in [0.1, 0.15) is 11.5 Å². The first-order valence-corrected chi connectivity index (χ1v) is 8.79. The summed E-state index contributed by atoms with van der Waals surface area (Å²) >= 11 is 0. The van der Waals surface area contributed by atoms with Crippen LogP contribution in [0.5, 0.6) is 11.5 Å². The van der Waals surface area contributed by atoms with Crippen LogP contribution in [0.2, 0.25) is 0 Å². The lowest BCUT2D eigenvalue weighted by Crippen LogP contribution is -2.02. The lowest BCUT2D eigenvalue weighted by Gasteiger charge is -2.08. The van der Waals surface area contributed by atoms with Crippen molar-refractivity contribution in [2.45, 2.75) is 36.0 Å². The van der Waals surface area contributed by atoms with E-state index in [9.17, 15) is 13.5 Å². The first-order chi connectivity index (χ1) is 10.5. The molecule has 0 bridgehead atoms. The molecular weight excluding hydrogens is 300 g/mol. The maximum absolute atomic E-state index is 12.4. The zero-order chi connectivity index (χ0) is 16.0. The van der Waals surface area contributed by atoms with Gasteiger partial charge >= 0.3 is 0 Å². The van der Waals surface area contributed by atoms with Crippen LogP contribution < -0.4 is 4.74 Å². The summed E-state index contributed by atoms with van der Waals surface area (Å²) in [7, 11) is -3.57. The molecule has 5 heteroatoms. The van der Waals surface area contributed by atoms with Crippen LogP contribution >= 0.6 is 0 Å². The van der Waals surface area contributed by atoms with Crippen molar-refractivity contribution >= 4 is 9.84 Å². The molecular formula is C17H20O4S. The fraction of sp³-hybridized carbons (Fsp3) is 0.294. The summed E-state index contributed by atoms with van der Waals surface area (Å²) in [6.45, 7) is 2.76. The number of rotatable bonds is 7. The van der Waals surface area contributed by atoms with Crippen molar-refractivity contribution in [2.75, 3.05) is 6.61 Å². The van der Waals surface area contributed by atoms with Crippen molar-refractivity contribution in [3.63, 3.8) is 0 Å². The van der Waals surface area contributed by atoms with Gasteiger partial charge in [0.2, 0.25) is 9.84 Å². The minimum Gasteiger partial charge on any atom is -0.508 e. The molecule has 2 rings (SSSR count). The molecule has 0 aliphatic rings. The summed E-state index contributed by atoms with van der Waals surface area (Å²) < 4.78 is 30.4. The highest BCUT2D eigenvalue weighted by atomic mass is 32.2. The lowest BCUT2D eigenvalue weighted by molar-refractivity contribution is 0.306. The van der Waals surface area contributed by atoms with Crippen LogP contribution in [0.25, 0.3) is 0 Å². The first-order valence-electron chi connectivity index (χ1n) is 7.31. The topological polar surface area (TPSA) is 63.6 Å². The molecule has 0 saturated carbocycles. The molecule has 2 aromatic rings. The Balaban J connectivity index is 2.10. The Morgan fingerprint density at radius 2 is 1.45 bits per heavy atom. The Morgan fingerprint density at radius 3 is 2.00 bits per heavy atom. The second-order valence-corrected chi connectivity index (χ2v) is 6.97. The molecule has 0 aromatic heterocycles. The van der Waals surface area contributed by atoms with Crippen molar-refractivity contribution < 1.29 is 18.3 Å². The maximum atomic E-state index is 12.4. The van der Waals surface area contributed by atoms with Gasteiger partial charge in [-0.1, -0.05) is 19.8 Å². The second kappa shape index (κ2) is 7.31. The average molecular weight is 320 g/mol. The first kappa shape index (κ1) is 16.4. The predicted molar refractivity (Wildman–Crippen MR) is 85.0 cm³/mol. The third kappa shape index (κ3) is 4.01. The van der Waals surface area contributed by atoms with E-state index in [1.807, 2.05) is 0 Å². The number of phenols is 1. The van der Waals surface area contributed by atoms with E-state index < -0.39 is 9.84 Å². The summed E-state index contributed by atoms with van der Waals surface area (Å²) in [6, 6.07) is 11.9. The maximum Gasteiger partial charge on any atom is 0.206 e. The van der Waals surface area contributed by atoms with Crippen LogP contribution in [0.15, 0.2) is 58.3 Å². The Hall–Kier alpha value is -2.01. The Morgan fingerprint density at radius 1 is 0.909 bits per heavy atom. The summed E-state index contributed by atoms with van der Waals surface area (Å²) in [4.78, 5) is 0.362. The Bertz CT molecular complexity index is 688. The van der Waals surface area contributed by atoms with E-state index in [1.165, 1.54) is 36.4 Å². The van der Waals surface area contributed by atoms with Crippen molar-refractivity contribution in [2.24, 2.45) is 0 Å². The van der Waals surface area contributed by atoms with E-state index in [0.717, 1.165) is 19.3 Å². The van der Waals surface area contributed by atoms with E-state index in [-0.39, 0.29) is 15.5 Å². The molecule has 0 fully saturated rings. The highest BCUT2D eigenvalue weighted by Gasteiger charge is 2.17. The molecule has 2 aromatic carbocycles. The molecule has 0 radical (unpaired) electrons. The van der Waals surface area contributed by atoms with Gasteiger partial charge < -0.3 is 9.84 Å². The average Bonchev–Trinajstić information content (AvgIpc) is 2.52. The van der Waals surface area contributed by atoms with Gasteiger partial charge in [0, 0.05) is 0 Å². The molecule has 0 unspecified atom stereocenters. The monoisotopic (exact) mass is 320 g/mol. The number of aromatic hydroxyl groups is 1. The van der Waals surface area contributed by atoms with Crippen molar-refractivity contribution in [3.05, 3.63) is 48.5 Å². The zero-order valence-electron chi connectivity index (χ0n) is 12.5. The minimum atomic E-state index is -3.57. The van der Waals surface area contributed by atoms with Gasteiger partial charge in [-0.2, -0.15) is 0 Å². The lowest BCUT2D eigenvalue weighted by atomic mass is 10.3. The van der Waals surface area contributed by atoms with Crippen LogP contribution in [0, 0.1) is 0 Å². The molecule has 0 aliphatic heterocycles. The number of ether oxygens (including phenoxy) is 1. The molecule has 4 nitrogen and oxygen atoms in total. The third-order valence-corrected chi connectivity index (χ3v) is 5.08. The van der Waals surface area contributed by atoms with Crippen LogP contribution in [-0.4, -0.2) is 20.1 Å². The van der Waals surface area contributed by atoms with Crippen LogP contribution in [0.3, 0.4) is 0 Å². The number of hydrogen-bond donors (Lipinski definition) is 1. The summed E-state index contributed by atoms with van der Waals surface area (Å²) in [6.07, 6.45) is 3.24. The molecule has 1 N–H and O–H groups in total. The van der Waals surface area contributed by atoms with Gasteiger partial charge in [0.15, 0.2) is 0 Å². The van der Waals surface area contributed by atoms with Gasteiger partial charge in [-0.25, -0.2) is 8.42 Å². The molecule has 0 spiro atoms. The highest BCUT2D eigenvalue weighted by Crippen LogP contribution is 2.24. The fourth-order valence-electron chi connectivity index (χ4n) is 2.02. The van der Waals surface area contributed by atoms with Crippen molar-refractivity contribution in [1.82, 2.24) is 0 Å². The van der Waals surface area contributed by atoms with Crippen molar-refractivity contribution in [1.29, 1.82) is 0 Å². The highest BCUT2D eigenvalue weighted by molar-refractivity contribution is 7.91. The van der Waals surface area contributed by atoms with E-state index in [4.69, 9.17) is 4.74 Å². The zero-order valence-corrected chi connectivity index (χ0v) is 13.3. The normalized spacial score (nSPS) is 11.3. The van der Waals surface area contributed by atoms with Gasteiger partial charge in [0.05, 0.1) is 16.4 Å². The van der Waals surface area contributed by atoms with E-state index in [0.29, 0.717) is 12.4 Å². The van der Waals surface area contributed by atoms with E-state index in [1.54, 1.807) is 12.1 Å². The summed E-state index contributed by atoms with van der Waals surface area (Å²) in [5.74, 6) is 0.704. The van der Waals surface area contributed by atoms with Crippen LogP contribution in [-0.2, 0) is 9.84 Å². The fourth-order valence-corrected chi connectivity index (χ4v) is 3.28. The number of phenolic OH excluding ortho intramolecular Hbond substituents is 1. The van der Waals surface area contributed by atoms with Gasteiger partial charge in [-0.05, 0) is 55.0 Å². The molecule has 118 valence electrons. The largest absolute Gasteiger partial charge is 0.508 e. The smallest absolute Gasteiger partial charge is 0.206 e. The number of sulfone groups is 1. The van der Waals surface area contributed by atoms with Gasteiger partial charge in [-0.3, -0.25) is 0 Å². The van der Waals surface area contributed by atoms with E-state index in [2.05, 4.69) is 6.92 Å².